The average Bonchev–Trinajstić information content (AvgIpc) is 3.15. The molecule has 1 saturated heterocycles. The molecule has 1 aliphatic carbocycles. The topological polar surface area (TPSA) is 109 Å². The molecule has 0 spiro atoms. The molecule has 2 bridgehead atoms. The second-order valence-corrected chi connectivity index (χ2v) is 7.36. The third-order valence-electron chi connectivity index (χ3n) is 6.02. The van der Waals surface area contributed by atoms with Gasteiger partial charge in [-0.1, -0.05) is 30.4 Å². The number of carbonyl (C=O) groups excluding carboxylic acids is 3. The largest absolute Gasteiger partial charge is 0.396 e. The number of nitrogens with two attached hydrogens (primary N) is 1. The van der Waals surface area contributed by atoms with Crippen LogP contribution >= 0.6 is 0 Å². The van der Waals surface area contributed by atoms with Crippen LogP contribution < -0.4 is 10.6 Å². The maximum atomic E-state index is 13.3. The van der Waals surface area contributed by atoms with Gasteiger partial charge in [0.15, 0.2) is 5.78 Å². The Hall–Kier alpha value is -3.66. The number of hydrogen-bond donors (Lipinski definition) is 1. The molecule has 7 heteroatoms. The number of imide groups is 1. The van der Waals surface area contributed by atoms with E-state index in [0.29, 0.717) is 11.4 Å². The molecule has 1 aromatic heterocycles. The number of ketones is 1. The van der Waals surface area contributed by atoms with Gasteiger partial charge in [0.1, 0.15) is 11.8 Å². The van der Waals surface area contributed by atoms with Gasteiger partial charge in [-0.05, 0) is 12.1 Å². The van der Waals surface area contributed by atoms with Crippen LogP contribution in [0, 0.1) is 23.2 Å². The summed E-state index contributed by atoms with van der Waals surface area (Å²) in [5.41, 5.74) is 7.80. The van der Waals surface area contributed by atoms with E-state index >= 15 is 0 Å². The fraction of sp³-hybridized carbons (Fsp3) is 0.238. The molecule has 4 atom stereocenters. The summed E-state index contributed by atoms with van der Waals surface area (Å²) in [6.07, 6.45) is 3.72. The van der Waals surface area contributed by atoms with Gasteiger partial charge in [0.05, 0.1) is 34.8 Å². The predicted molar refractivity (Wildman–Crippen MR) is 100 cm³/mol. The summed E-state index contributed by atoms with van der Waals surface area (Å²) in [4.78, 5) is 40.0. The predicted octanol–water partition coefficient (Wildman–Crippen LogP) is 2.16. The molecule has 4 unspecified atom stereocenters. The monoisotopic (exact) mass is 372 g/mol. The number of allylic oxidation sites excluding steroid dienone is 2. The Balaban J connectivity index is 1.72. The zero-order valence-electron chi connectivity index (χ0n) is 15.0. The quantitative estimate of drug-likeness (QED) is 0.493. The van der Waals surface area contributed by atoms with Crippen LogP contribution in [0.15, 0.2) is 42.5 Å². The normalized spacial score (nSPS) is 26.9. The van der Waals surface area contributed by atoms with Crippen LogP contribution in [0.25, 0.3) is 0 Å². The first kappa shape index (κ1) is 16.5. The van der Waals surface area contributed by atoms with Gasteiger partial charge in [-0.2, -0.15) is 5.26 Å². The molecule has 7 nitrogen and oxygen atoms in total. The van der Waals surface area contributed by atoms with Crippen molar-refractivity contribution in [3.05, 3.63) is 59.4 Å². The van der Waals surface area contributed by atoms with E-state index in [9.17, 15) is 19.6 Å². The maximum absolute atomic E-state index is 13.3. The van der Waals surface area contributed by atoms with Crippen LogP contribution in [-0.4, -0.2) is 22.2 Å². The van der Waals surface area contributed by atoms with Crippen LogP contribution in [0.4, 0.5) is 11.4 Å². The molecule has 28 heavy (non-hydrogen) atoms. The molecule has 2 aromatic rings. The smallest absolute Gasteiger partial charge is 0.240 e. The van der Waals surface area contributed by atoms with Gasteiger partial charge in [-0.15, -0.1) is 0 Å². The lowest BCUT2D eigenvalue weighted by molar-refractivity contribution is -0.122. The molecule has 1 fully saturated rings. The van der Waals surface area contributed by atoms with E-state index in [1.807, 2.05) is 18.2 Å². The number of aromatic nitrogens is 1. The Labute approximate surface area is 160 Å². The van der Waals surface area contributed by atoms with Gasteiger partial charge < -0.3 is 10.3 Å². The van der Waals surface area contributed by atoms with Gasteiger partial charge in [-0.25, -0.2) is 4.90 Å². The number of rotatable bonds is 2. The Morgan fingerprint density at radius 1 is 1.11 bits per heavy atom. The summed E-state index contributed by atoms with van der Waals surface area (Å²) in [5, 5.41) is 9.65. The van der Waals surface area contributed by atoms with Gasteiger partial charge in [0.2, 0.25) is 11.8 Å². The highest BCUT2D eigenvalue weighted by atomic mass is 16.2. The molecular weight excluding hydrogens is 356 g/mol. The van der Waals surface area contributed by atoms with Crippen LogP contribution in [0.1, 0.15) is 40.6 Å². The van der Waals surface area contributed by atoms with Gasteiger partial charge in [0, 0.05) is 18.5 Å². The fourth-order valence-electron chi connectivity index (χ4n) is 5.00. The molecule has 2 N–H and O–H groups in total. The number of carbonyl (C=O) groups is 3. The summed E-state index contributed by atoms with van der Waals surface area (Å²) in [5.74, 6) is -2.52. The first-order valence-corrected chi connectivity index (χ1v) is 9.03. The third kappa shape index (κ3) is 1.79. The van der Waals surface area contributed by atoms with Crippen molar-refractivity contribution >= 4 is 29.0 Å². The zero-order chi connectivity index (χ0) is 19.7. The van der Waals surface area contributed by atoms with E-state index in [0.717, 1.165) is 0 Å². The van der Waals surface area contributed by atoms with Crippen molar-refractivity contribution in [2.75, 3.05) is 10.6 Å². The third-order valence-corrected chi connectivity index (χ3v) is 6.02. The molecule has 6 rings (SSSR count). The Morgan fingerprint density at radius 2 is 1.79 bits per heavy atom. The maximum Gasteiger partial charge on any atom is 0.240 e. The number of para-hydroxylation sites is 1. The van der Waals surface area contributed by atoms with Crippen molar-refractivity contribution in [2.24, 2.45) is 11.8 Å². The molecule has 138 valence electrons. The SMILES string of the molecule is CC(=O)c1c(N)c(C#N)c2n1C1C=CC2C2C(=O)N(c3ccccc3)C(=O)C21. The van der Waals surface area contributed by atoms with E-state index in [-0.39, 0.29) is 34.5 Å². The van der Waals surface area contributed by atoms with Crippen molar-refractivity contribution in [1.82, 2.24) is 4.57 Å². The Bertz CT molecular complexity index is 1140. The number of benzene rings is 1. The lowest BCUT2D eigenvalue weighted by Gasteiger charge is -2.41. The molecule has 0 radical (unpaired) electrons. The van der Waals surface area contributed by atoms with E-state index in [1.54, 1.807) is 28.8 Å². The molecule has 4 heterocycles. The minimum absolute atomic E-state index is 0.128. The molecule has 0 saturated carbocycles. The van der Waals surface area contributed by atoms with E-state index < -0.39 is 23.8 Å². The molecule has 2 amide bonds. The number of hydrogen-bond acceptors (Lipinski definition) is 5. The molecule has 4 aliphatic rings. The number of Topliss-reactive ketones (excluding diaryl/α,β-unsaturated/α-hetero) is 1. The summed E-state index contributed by atoms with van der Waals surface area (Å²) >= 11 is 0. The van der Waals surface area contributed by atoms with Crippen molar-refractivity contribution in [2.45, 2.75) is 18.9 Å². The summed E-state index contributed by atoms with van der Waals surface area (Å²) in [6, 6.07) is 10.4. The van der Waals surface area contributed by atoms with Crippen LogP contribution in [0.3, 0.4) is 0 Å². The molecular formula is C21H16N4O3. The molecule has 3 aliphatic heterocycles. The van der Waals surface area contributed by atoms with Crippen molar-refractivity contribution < 1.29 is 14.4 Å². The number of amides is 2. The number of anilines is 2. The number of nitriles is 1. The lowest BCUT2D eigenvalue weighted by Crippen LogP contribution is -2.41. The van der Waals surface area contributed by atoms with Crippen molar-refractivity contribution in [3.8, 4) is 6.07 Å². The Kier molecular flexibility index (Phi) is 3.20. The Morgan fingerprint density at radius 3 is 2.43 bits per heavy atom. The van der Waals surface area contributed by atoms with Gasteiger partial charge in [-0.3, -0.25) is 14.4 Å². The van der Waals surface area contributed by atoms with E-state index in [1.165, 1.54) is 11.8 Å². The highest BCUT2D eigenvalue weighted by Gasteiger charge is 2.60. The van der Waals surface area contributed by atoms with Crippen molar-refractivity contribution in [3.63, 3.8) is 0 Å². The van der Waals surface area contributed by atoms with Crippen molar-refractivity contribution in [1.29, 1.82) is 5.26 Å². The van der Waals surface area contributed by atoms with E-state index in [2.05, 4.69) is 6.07 Å². The summed E-state index contributed by atoms with van der Waals surface area (Å²) in [7, 11) is 0. The minimum Gasteiger partial charge on any atom is -0.396 e. The van der Waals surface area contributed by atoms with Crippen LogP contribution in [-0.2, 0) is 9.59 Å². The van der Waals surface area contributed by atoms with Crippen LogP contribution in [0.5, 0.6) is 0 Å². The summed E-state index contributed by atoms with van der Waals surface area (Å²) in [6.45, 7) is 1.39. The summed E-state index contributed by atoms with van der Waals surface area (Å²) < 4.78 is 1.71. The van der Waals surface area contributed by atoms with Gasteiger partial charge >= 0.3 is 0 Å². The first-order chi connectivity index (χ1) is 13.5. The van der Waals surface area contributed by atoms with E-state index in [4.69, 9.17) is 5.73 Å². The van der Waals surface area contributed by atoms with Gasteiger partial charge in [0.25, 0.3) is 0 Å². The number of nitrogens with zero attached hydrogens (tertiary/aromatic N) is 3. The lowest BCUT2D eigenvalue weighted by atomic mass is 9.69. The standard InChI is InChI=1S/C21H16N4O3/c1-10(26)18-17(23)13(9-22)19-12-7-8-14(25(18)19)16-15(12)20(27)24(21(16)28)11-5-3-2-4-6-11/h2-8,12,14-16H,23H2,1H3. The second-order valence-electron chi connectivity index (χ2n) is 7.36. The minimum atomic E-state index is -0.619. The second kappa shape index (κ2) is 5.42. The zero-order valence-corrected chi connectivity index (χ0v) is 15.0. The highest BCUT2D eigenvalue weighted by Crippen LogP contribution is 2.55. The fourth-order valence-corrected chi connectivity index (χ4v) is 5.00. The average molecular weight is 372 g/mol. The number of nitrogen functional groups attached to an aromatic ring is 1. The molecule has 1 aromatic carbocycles. The highest BCUT2D eigenvalue weighted by molar-refractivity contribution is 6.23. The first-order valence-electron chi connectivity index (χ1n) is 9.03. The van der Waals surface area contributed by atoms with Crippen LogP contribution in [0.2, 0.25) is 0 Å².